The Bertz CT molecular complexity index is 414. The number of nitro groups is 1. The lowest BCUT2D eigenvalue weighted by atomic mass is 9.91. The van der Waals surface area contributed by atoms with Crippen LogP contribution in [0.1, 0.15) is 18.4 Å². The number of nitrogens with zero attached hydrogens (tertiary/aromatic N) is 1. The lowest BCUT2D eigenvalue weighted by Gasteiger charge is -2.22. The number of aromatic hydroxyl groups is 1. The van der Waals surface area contributed by atoms with Crippen LogP contribution in [0.25, 0.3) is 0 Å². The van der Waals surface area contributed by atoms with Crippen molar-refractivity contribution < 1.29 is 10.0 Å². The summed E-state index contributed by atoms with van der Waals surface area (Å²) >= 11 is 0. The monoisotopic (exact) mass is 236 g/mol. The number of rotatable bonds is 3. The van der Waals surface area contributed by atoms with E-state index in [1.54, 1.807) is 6.07 Å². The molecule has 0 bridgehead atoms. The zero-order valence-corrected chi connectivity index (χ0v) is 9.56. The standard InChI is InChI=1S/C12H16N2O3/c15-12-2-1-10(8-11(12)14(16)17)7-9-3-5-13-6-4-9/h1-2,8-9,13,15H,3-7H2. The van der Waals surface area contributed by atoms with E-state index >= 15 is 0 Å². The Hall–Kier alpha value is -1.62. The number of benzene rings is 1. The highest BCUT2D eigenvalue weighted by molar-refractivity contribution is 5.47. The summed E-state index contributed by atoms with van der Waals surface area (Å²) in [5, 5.41) is 23.4. The van der Waals surface area contributed by atoms with Crippen molar-refractivity contribution in [3.8, 4) is 5.75 Å². The van der Waals surface area contributed by atoms with Gasteiger partial charge in [-0.25, -0.2) is 0 Å². The van der Waals surface area contributed by atoms with Gasteiger partial charge < -0.3 is 10.4 Å². The van der Waals surface area contributed by atoms with Crippen molar-refractivity contribution >= 4 is 5.69 Å². The summed E-state index contributed by atoms with van der Waals surface area (Å²) in [6, 6.07) is 4.66. The van der Waals surface area contributed by atoms with E-state index in [9.17, 15) is 15.2 Å². The molecule has 1 aromatic rings. The van der Waals surface area contributed by atoms with E-state index in [0.29, 0.717) is 5.92 Å². The van der Waals surface area contributed by atoms with Crippen molar-refractivity contribution in [2.75, 3.05) is 13.1 Å². The largest absolute Gasteiger partial charge is 0.502 e. The van der Waals surface area contributed by atoms with E-state index in [1.165, 1.54) is 12.1 Å². The van der Waals surface area contributed by atoms with Gasteiger partial charge in [0, 0.05) is 6.07 Å². The lowest BCUT2D eigenvalue weighted by molar-refractivity contribution is -0.385. The molecule has 1 aromatic carbocycles. The van der Waals surface area contributed by atoms with E-state index < -0.39 is 4.92 Å². The number of hydrogen-bond acceptors (Lipinski definition) is 4. The second-order valence-electron chi connectivity index (χ2n) is 4.48. The molecule has 1 heterocycles. The van der Waals surface area contributed by atoms with Crippen LogP contribution in [0, 0.1) is 16.0 Å². The molecule has 1 fully saturated rings. The van der Waals surface area contributed by atoms with Crippen LogP contribution in [-0.2, 0) is 6.42 Å². The fraction of sp³-hybridized carbons (Fsp3) is 0.500. The Balaban J connectivity index is 2.10. The van der Waals surface area contributed by atoms with Crippen molar-refractivity contribution in [2.45, 2.75) is 19.3 Å². The average Bonchev–Trinajstić information content (AvgIpc) is 2.32. The molecule has 2 N–H and O–H groups in total. The minimum Gasteiger partial charge on any atom is -0.502 e. The molecule has 0 radical (unpaired) electrons. The van der Waals surface area contributed by atoms with Crippen molar-refractivity contribution in [2.24, 2.45) is 5.92 Å². The molecule has 0 aromatic heterocycles. The van der Waals surface area contributed by atoms with E-state index in [4.69, 9.17) is 0 Å². The first-order valence-corrected chi connectivity index (χ1v) is 5.84. The highest BCUT2D eigenvalue weighted by Crippen LogP contribution is 2.28. The molecule has 0 aliphatic carbocycles. The van der Waals surface area contributed by atoms with Gasteiger partial charge in [0.25, 0.3) is 0 Å². The van der Waals surface area contributed by atoms with E-state index in [0.717, 1.165) is 37.9 Å². The smallest absolute Gasteiger partial charge is 0.310 e. The number of nitrogens with one attached hydrogen (secondary N) is 1. The highest BCUT2D eigenvalue weighted by atomic mass is 16.6. The quantitative estimate of drug-likeness (QED) is 0.620. The SMILES string of the molecule is O=[N+]([O-])c1cc(CC2CCNCC2)ccc1O. The van der Waals surface area contributed by atoms with Crippen LogP contribution in [0.2, 0.25) is 0 Å². The van der Waals surface area contributed by atoms with E-state index in [1.807, 2.05) is 0 Å². The second-order valence-corrected chi connectivity index (χ2v) is 4.48. The molecule has 0 saturated carbocycles. The Labute approximate surface area is 99.6 Å². The summed E-state index contributed by atoms with van der Waals surface area (Å²) in [4.78, 5) is 10.2. The molecule has 1 aliphatic rings. The van der Waals surface area contributed by atoms with Gasteiger partial charge in [0.15, 0.2) is 5.75 Å². The average molecular weight is 236 g/mol. The molecule has 2 rings (SSSR count). The molecule has 0 atom stereocenters. The van der Waals surface area contributed by atoms with Crippen LogP contribution in [0.5, 0.6) is 5.75 Å². The highest BCUT2D eigenvalue weighted by Gasteiger charge is 2.17. The number of piperidine rings is 1. The first-order valence-electron chi connectivity index (χ1n) is 5.84. The van der Waals surface area contributed by atoms with Crippen LogP contribution >= 0.6 is 0 Å². The summed E-state index contributed by atoms with van der Waals surface area (Å²) < 4.78 is 0. The first-order chi connectivity index (χ1) is 8.16. The van der Waals surface area contributed by atoms with Crippen LogP contribution in [0.15, 0.2) is 18.2 Å². The summed E-state index contributed by atoms with van der Waals surface area (Å²) in [5.74, 6) is 0.324. The third-order valence-corrected chi connectivity index (χ3v) is 3.22. The van der Waals surface area contributed by atoms with Gasteiger partial charge in [-0.15, -0.1) is 0 Å². The van der Waals surface area contributed by atoms with Gasteiger partial charge in [-0.3, -0.25) is 10.1 Å². The molecule has 5 nitrogen and oxygen atoms in total. The fourth-order valence-electron chi connectivity index (χ4n) is 2.26. The summed E-state index contributed by atoms with van der Waals surface area (Å²) in [7, 11) is 0. The molecule has 17 heavy (non-hydrogen) atoms. The van der Waals surface area contributed by atoms with E-state index in [-0.39, 0.29) is 11.4 Å². The molecule has 0 amide bonds. The van der Waals surface area contributed by atoms with Crippen LogP contribution in [0.3, 0.4) is 0 Å². The van der Waals surface area contributed by atoms with Gasteiger partial charge in [0.1, 0.15) is 0 Å². The molecule has 5 heteroatoms. The third-order valence-electron chi connectivity index (χ3n) is 3.22. The van der Waals surface area contributed by atoms with Gasteiger partial charge in [-0.2, -0.15) is 0 Å². The zero-order chi connectivity index (χ0) is 12.3. The molecule has 1 aliphatic heterocycles. The lowest BCUT2D eigenvalue weighted by Crippen LogP contribution is -2.28. The predicted molar refractivity (Wildman–Crippen MR) is 64.1 cm³/mol. The van der Waals surface area contributed by atoms with Crippen molar-refractivity contribution in [3.63, 3.8) is 0 Å². The zero-order valence-electron chi connectivity index (χ0n) is 9.56. The van der Waals surface area contributed by atoms with E-state index in [2.05, 4.69) is 5.32 Å². The van der Waals surface area contributed by atoms with Crippen molar-refractivity contribution in [1.29, 1.82) is 0 Å². The number of hydrogen-bond donors (Lipinski definition) is 2. The molecule has 1 saturated heterocycles. The number of nitro benzene ring substituents is 1. The van der Waals surface area contributed by atoms with Crippen LogP contribution < -0.4 is 5.32 Å². The van der Waals surface area contributed by atoms with Gasteiger partial charge in [0.2, 0.25) is 0 Å². The Kier molecular flexibility index (Phi) is 3.58. The predicted octanol–water partition coefficient (Wildman–Crippen LogP) is 1.84. The molecule has 92 valence electrons. The minimum absolute atomic E-state index is 0.198. The summed E-state index contributed by atoms with van der Waals surface area (Å²) in [6.45, 7) is 2.04. The number of phenols is 1. The molecular formula is C12H16N2O3. The van der Waals surface area contributed by atoms with Crippen LogP contribution in [0.4, 0.5) is 5.69 Å². The maximum atomic E-state index is 10.7. The van der Waals surface area contributed by atoms with Crippen molar-refractivity contribution in [3.05, 3.63) is 33.9 Å². The summed E-state index contributed by atoms with van der Waals surface area (Å²) in [6.07, 6.45) is 3.06. The number of phenolic OH excluding ortho intramolecular Hbond substituents is 1. The first kappa shape index (κ1) is 11.9. The molecular weight excluding hydrogens is 220 g/mol. The minimum atomic E-state index is -0.540. The summed E-state index contributed by atoms with van der Waals surface area (Å²) in [5.41, 5.74) is 0.734. The second kappa shape index (κ2) is 5.14. The Morgan fingerprint density at radius 2 is 2.12 bits per heavy atom. The van der Waals surface area contributed by atoms with Crippen LogP contribution in [-0.4, -0.2) is 23.1 Å². The molecule has 0 unspecified atom stereocenters. The topological polar surface area (TPSA) is 75.4 Å². The normalized spacial score (nSPS) is 16.9. The fourth-order valence-corrected chi connectivity index (χ4v) is 2.26. The van der Waals surface area contributed by atoms with Crippen molar-refractivity contribution in [1.82, 2.24) is 5.32 Å². The van der Waals surface area contributed by atoms with Gasteiger partial charge in [-0.05, 0) is 49.9 Å². The molecule has 0 spiro atoms. The Morgan fingerprint density at radius 1 is 1.41 bits per heavy atom. The van der Waals surface area contributed by atoms with Gasteiger partial charge in [0.05, 0.1) is 4.92 Å². The maximum Gasteiger partial charge on any atom is 0.310 e. The maximum absolute atomic E-state index is 10.7. The Morgan fingerprint density at radius 3 is 2.76 bits per heavy atom. The van der Waals surface area contributed by atoms with Gasteiger partial charge in [-0.1, -0.05) is 6.07 Å². The third kappa shape index (κ3) is 2.94. The van der Waals surface area contributed by atoms with Gasteiger partial charge >= 0.3 is 5.69 Å².